The normalized spacial score (nSPS) is 12.0. The van der Waals surface area contributed by atoms with Crippen molar-refractivity contribution in [2.24, 2.45) is 11.8 Å². The highest BCUT2D eigenvalue weighted by Crippen LogP contribution is 2.30. The van der Waals surface area contributed by atoms with E-state index < -0.39 is 0 Å². The molecular formula is C59H66O4. The second-order valence-corrected chi connectivity index (χ2v) is 17.4. The maximum absolute atomic E-state index is 12.3. The smallest absolute Gasteiger partial charge is 0.306 e. The summed E-state index contributed by atoms with van der Waals surface area (Å²) >= 11 is 0. The summed E-state index contributed by atoms with van der Waals surface area (Å²) in [6, 6.07) is 56.3. The van der Waals surface area contributed by atoms with E-state index in [9.17, 15) is 4.79 Å². The van der Waals surface area contributed by atoms with E-state index in [2.05, 4.69) is 198 Å². The fourth-order valence-corrected chi connectivity index (χ4v) is 7.64. The predicted octanol–water partition coefficient (Wildman–Crippen LogP) is 15.2. The van der Waals surface area contributed by atoms with Crippen LogP contribution in [0.3, 0.4) is 0 Å². The van der Waals surface area contributed by atoms with Crippen LogP contribution in [0, 0.1) is 11.8 Å². The Morgan fingerprint density at radius 3 is 1.35 bits per heavy atom. The summed E-state index contributed by atoms with van der Waals surface area (Å²) in [6.45, 7) is 10.7. The molecular weight excluding hydrogens is 773 g/mol. The fraction of sp³-hybridized carbons (Fsp3) is 0.305. The highest BCUT2D eigenvalue weighted by Gasteiger charge is 2.10. The van der Waals surface area contributed by atoms with E-state index in [-0.39, 0.29) is 5.97 Å². The zero-order valence-electron chi connectivity index (χ0n) is 37.9. The van der Waals surface area contributed by atoms with Crippen LogP contribution in [0.4, 0.5) is 0 Å². The molecule has 0 aliphatic carbocycles. The third-order valence-electron chi connectivity index (χ3n) is 11.3. The highest BCUT2D eigenvalue weighted by atomic mass is 17.2. The maximum atomic E-state index is 12.3. The van der Waals surface area contributed by atoms with Gasteiger partial charge < -0.3 is 4.74 Å². The number of esters is 1. The van der Waals surface area contributed by atoms with Gasteiger partial charge in [0.05, 0.1) is 19.8 Å². The van der Waals surface area contributed by atoms with Gasteiger partial charge in [0, 0.05) is 6.42 Å². The molecule has 0 saturated carbocycles. The third-order valence-corrected chi connectivity index (χ3v) is 11.3. The number of hydrogen-bond donors (Lipinski definition) is 0. The van der Waals surface area contributed by atoms with Crippen molar-refractivity contribution >= 4 is 29.3 Å². The molecule has 0 saturated heterocycles. The highest BCUT2D eigenvalue weighted by molar-refractivity contribution is 5.93. The summed E-state index contributed by atoms with van der Waals surface area (Å²) in [6.07, 6.45) is 12.9. The number of carbonyl (C=O) groups excluding carboxylic acids is 1. The van der Waals surface area contributed by atoms with E-state index in [0.29, 0.717) is 38.6 Å². The number of carbonyl (C=O) groups is 1. The molecule has 0 fully saturated rings. The van der Waals surface area contributed by atoms with Crippen LogP contribution >= 0.6 is 0 Å². The molecule has 0 N–H and O–H groups in total. The number of unbranched alkanes of at least 4 members (excludes halogenated alkanes) is 1. The molecule has 0 atom stereocenters. The average Bonchev–Trinajstić information content (AvgIpc) is 3.31. The monoisotopic (exact) mass is 838 g/mol. The van der Waals surface area contributed by atoms with Crippen LogP contribution in [0.5, 0.6) is 0 Å². The molecule has 0 heterocycles. The summed E-state index contributed by atoms with van der Waals surface area (Å²) in [5.41, 5.74) is 14.1. The molecule has 0 bridgehead atoms. The minimum absolute atomic E-state index is 0.124. The van der Waals surface area contributed by atoms with E-state index in [4.69, 9.17) is 14.5 Å². The first-order chi connectivity index (χ1) is 30.8. The van der Waals surface area contributed by atoms with Gasteiger partial charge in [-0.1, -0.05) is 198 Å². The van der Waals surface area contributed by atoms with Crippen molar-refractivity contribution in [1.29, 1.82) is 0 Å². The largest absolute Gasteiger partial charge is 0.466 e. The van der Waals surface area contributed by atoms with Gasteiger partial charge in [0.1, 0.15) is 0 Å². The minimum Gasteiger partial charge on any atom is -0.466 e. The fourth-order valence-electron chi connectivity index (χ4n) is 7.64. The molecule has 0 aromatic heterocycles. The molecule has 0 spiro atoms. The Labute approximate surface area is 377 Å². The van der Waals surface area contributed by atoms with Crippen LogP contribution in [0.25, 0.3) is 34.4 Å². The van der Waals surface area contributed by atoms with Crippen molar-refractivity contribution in [1.82, 2.24) is 0 Å². The van der Waals surface area contributed by atoms with Gasteiger partial charge in [0.25, 0.3) is 0 Å². The van der Waals surface area contributed by atoms with Gasteiger partial charge in [-0.15, -0.1) is 0 Å². The van der Waals surface area contributed by atoms with Crippen LogP contribution < -0.4 is 0 Å². The summed E-state index contributed by atoms with van der Waals surface area (Å²) in [4.78, 5) is 23.2. The standard InChI is InChI=1S/C59H66O4/c1-45(2)15-11-12-41-62-63-42-14-17-47-22-35-55(36-23-47)57(53-18-7-5-8-19-53)43-49-26-31-51(32-27-49)52-33-28-50(29-34-52)44-58(54-20-9-6-10-21-54)56-37-24-48(25-38-56)30-39-59(60)61-40-13-16-46(3)4/h5-10,18-29,31-38,43-46H,11-17,30,39-42H2,1-4H3/b57-43+,58-44+. The Kier molecular flexibility index (Phi) is 18.8. The maximum Gasteiger partial charge on any atom is 0.306 e. The van der Waals surface area contributed by atoms with Crippen molar-refractivity contribution in [3.05, 3.63) is 202 Å². The van der Waals surface area contributed by atoms with E-state index in [1.54, 1.807) is 0 Å². The average molecular weight is 839 g/mol. The van der Waals surface area contributed by atoms with Crippen molar-refractivity contribution in [2.75, 3.05) is 19.8 Å². The van der Waals surface area contributed by atoms with E-state index in [0.717, 1.165) is 71.4 Å². The molecule has 63 heavy (non-hydrogen) atoms. The van der Waals surface area contributed by atoms with Crippen molar-refractivity contribution in [3.63, 3.8) is 0 Å². The van der Waals surface area contributed by atoms with Crippen LogP contribution in [-0.4, -0.2) is 25.8 Å². The Hall–Kier alpha value is -5.81. The minimum atomic E-state index is -0.124. The molecule has 0 aliphatic rings. The van der Waals surface area contributed by atoms with Crippen LogP contribution in [-0.2, 0) is 32.1 Å². The number of hydrogen-bond acceptors (Lipinski definition) is 4. The van der Waals surface area contributed by atoms with Gasteiger partial charge in [-0.3, -0.25) is 4.79 Å². The lowest BCUT2D eigenvalue weighted by Crippen LogP contribution is -2.07. The molecule has 0 radical (unpaired) electrons. The van der Waals surface area contributed by atoms with Crippen molar-refractivity contribution < 1.29 is 19.3 Å². The molecule has 0 amide bonds. The first-order valence-corrected chi connectivity index (χ1v) is 23.1. The van der Waals surface area contributed by atoms with E-state index in [1.165, 1.54) is 46.2 Å². The topological polar surface area (TPSA) is 44.8 Å². The third kappa shape index (κ3) is 15.8. The van der Waals surface area contributed by atoms with Crippen molar-refractivity contribution in [3.8, 4) is 11.1 Å². The van der Waals surface area contributed by atoms with Gasteiger partial charge in [-0.2, -0.15) is 0 Å². The quantitative estimate of drug-likeness (QED) is 0.0200. The van der Waals surface area contributed by atoms with Gasteiger partial charge in [-0.25, -0.2) is 9.78 Å². The second-order valence-electron chi connectivity index (χ2n) is 17.4. The number of ether oxygens (including phenoxy) is 1. The summed E-state index contributed by atoms with van der Waals surface area (Å²) in [5, 5.41) is 0. The van der Waals surface area contributed by atoms with Gasteiger partial charge >= 0.3 is 5.97 Å². The lowest BCUT2D eigenvalue weighted by molar-refractivity contribution is -0.295. The molecule has 6 rings (SSSR count). The molecule has 4 heteroatoms. The molecule has 326 valence electrons. The second kappa shape index (κ2) is 25.3. The SMILES string of the molecule is CC(C)CCCCOOCCCc1ccc(/C(=C/c2ccc(-c3ccc(/C=C(\c4ccccc4)c4ccc(CCC(=O)OCCCC(C)C)cc4)cc3)cc2)c2ccccc2)cc1. The van der Waals surface area contributed by atoms with Gasteiger partial charge in [0.2, 0.25) is 0 Å². The Balaban J connectivity index is 1.09. The van der Waals surface area contributed by atoms with Crippen molar-refractivity contribution in [2.45, 2.75) is 85.5 Å². The van der Waals surface area contributed by atoms with Crippen LogP contribution in [0.1, 0.15) is 117 Å². The zero-order valence-corrected chi connectivity index (χ0v) is 37.9. The lowest BCUT2D eigenvalue weighted by Gasteiger charge is -2.12. The molecule has 6 aromatic rings. The number of rotatable bonds is 24. The Morgan fingerprint density at radius 2 is 0.873 bits per heavy atom. The number of benzene rings is 6. The first-order valence-electron chi connectivity index (χ1n) is 23.1. The molecule has 0 unspecified atom stereocenters. The molecule has 4 nitrogen and oxygen atoms in total. The van der Waals surface area contributed by atoms with E-state index >= 15 is 0 Å². The Bertz CT molecular complexity index is 2290. The Morgan fingerprint density at radius 1 is 0.444 bits per heavy atom. The summed E-state index contributed by atoms with van der Waals surface area (Å²) in [7, 11) is 0. The predicted molar refractivity (Wildman–Crippen MR) is 264 cm³/mol. The summed E-state index contributed by atoms with van der Waals surface area (Å²) < 4.78 is 5.46. The van der Waals surface area contributed by atoms with Gasteiger partial charge in [-0.05, 0) is 129 Å². The van der Waals surface area contributed by atoms with Gasteiger partial charge in [0.15, 0.2) is 0 Å². The van der Waals surface area contributed by atoms with Crippen LogP contribution in [0.15, 0.2) is 158 Å². The van der Waals surface area contributed by atoms with E-state index in [1.807, 2.05) is 0 Å². The van der Waals surface area contributed by atoms with Crippen LogP contribution in [0.2, 0.25) is 0 Å². The number of aryl methyl sites for hydroxylation is 2. The molecule has 0 aliphatic heterocycles. The zero-order chi connectivity index (χ0) is 44.1. The first kappa shape index (κ1) is 46.7. The molecule has 6 aromatic carbocycles. The lowest BCUT2D eigenvalue weighted by atomic mass is 9.93. The summed E-state index contributed by atoms with van der Waals surface area (Å²) in [5.74, 6) is 1.24.